The number of hydrogen-bond donors (Lipinski definition) is 4. The molecule has 1 atom stereocenters. The fourth-order valence-corrected chi connectivity index (χ4v) is 3.04. The molecule has 3 rings (SSSR count). The topological polar surface area (TPSA) is 117 Å². The van der Waals surface area contributed by atoms with Crippen LogP contribution in [0.3, 0.4) is 0 Å². The highest BCUT2D eigenvalue weighted by molar-refractivity contribution is 5.88. The zero-order chi connectivity index (χ0) is 23.1. The Bertz CT molecular complexity index is 1110. The highest BCUT2D eigenvalue weighted by Crippen LogP contribution is 2.16. The number of nitrogen functional groups attached to an aromatic ring is 1. The number of aromatic hydroxyl groups is 1. The lowest BCUT2D eigenvalue weighted by Crippen LogP contribution is -2.48. The standard InChI is InChI=1S/C23H22F2N4O3/c24-17-7-5-14(9-18(17)25)10-19(23(32)28-13-15-6-8-21(26)27-12-15)29-22(31)11-16-3-1-2-4-20(16)30/h1-9,12,19,30H,10-11,13H2,(H2,26,27)(H,28,32)(H,29,31)/t19-/m0/s1. The van der Waals surface area contributed by atoms with Crippen LogP contribution in [0.15, 0.2) is 60.8 Å². The number of hydrogen-bond acceptors (Lipinski definition) is 5. The average Bonchev–Trinajstić information content (AvgIpc) is 2.77. The van der Waals surface area contributed by atoms with Gasteiger partial charge in [-0.25, -0.2) is 13.8 Å². The number of benzene rings is 2. The first kappa shape index (κ1) is 22.7. The van der Waals surface area contributed by atoms with Gasteiger partial charge in [0.2, 0.25) is 11.8 Å². The van der Waals surface area contributed by atoms with E-state index >= 15 is 0 Å². The first-order chi connectivity index (χ1) is 15.3. The van der Waals surface area contributed by atoms with E-state index in [1.165, 1.54) is 18.3 Å². The monoisotopic (exact) mass is 440 g/mol. The van der Waals surface area contributed by atoms with Gasteiger partial charge < -0.3 is 21.5 Å². The number of carbonyl (C=O) groups is 2. The molecular formula is C23H22F2N4O3. The zero-order valence-corrected chi connectivity index (χ0v) is 17.0. The van der Waals surface area contributed by atoms with E-state index in [0.29, 0.717) is 22.5 Å². The summed E-state index contributed by atoms with van der Waals surface area (Å²) in [6, 6.07) is 11.9. The SMILES string of the molecule is Nc1ccc(CNC(=O)[C@H](Cc2ccc(F)c(F)c2)NC(=O)Cc2ccccc2O)cn1. The first-order valence-electron chi connectivity index (χ1n) is 9.80. The number of nitrogens with one attached hydrogen (secondary N) is 2. The van der Waals surface area contributed by atoms with Gasteiger partial charge in [0.05, 0.1) is 6.42 Å². The molecule has 2 amide bonds. The lowest BCUT2D eigenvalue weighted by Gasteiger charge is -2.19. The second-order valence-corrected chi connectivity index (χ2v) is 7.19. The van der Waals surface area contributed by atoms with Crippen molar-refractivity contribution in [3.05, 3.63) is 89.1 Å². The molecule has 0 spiro atoms. The van der Waals surface area contributed by atoms with Gasteiger partial charge in [0.15, 0.2) is 11.6 Å². The fraction of sp³-hybridized carbons (Fsp3) is 0.174. The fourth-order valence-electron chi connectivity index (χ4n) is 3.04. The van der Waals surface area contributed by atoms with Crippen LogP contribution in [0.25, 0.3) is 0 Å². The predicted octanol–water partition coefficient (Wildman–Crippen LogP) is 2.23. The summed E-state index contributed by atoms with van der Waals surface area (Å²) in [7, 11) is 0. The number of anilines is 1. The second-order valence-electron chi connectivity index (χ2n) is 7.19. The Labute approximate surface area is 183 Å². The average molecular weight is 440 g/mol. The van der Waals surface area contributed by atoms with Gasteiger partial charge in [-0.05, 0) is 35.4 Å². The third-order valence-corrected chi connectivity index (χ3v) is 4.73. The molecule has 3 aromatic rings. The van der Waals surface area contributed by atoms with Crippen molar-refractivity contribution in [1.29, 1.82) is 0 Å². The van der Waals surface area contributed by atoms with Gasteiger partial charge in [0.25, 0.3) is 0 Å². The zero-order valence-electron chi connectivity index (χ0n) is 17.0. The maximum absolute atomic E-state index is 13.6. The Kier molecular flexibility index (Phi) is 7.33. The summed E-state index contributed by atoms with van der Waals surface area (Å²) in [5, 5.41) is 15.2. The number of pyridine rings is 1. The number of carbonyl (C=O) groups excluding carboxylic acids is 2. The maximum Gasteiger partial charge on any atom is 0.243 e. The van der Waals surface area contributed by atoms with Crippen molar-refractivity contribution < 1.29 is 23.5 Å². The van der Waals surface area contributed by atoms with Crippen LogP contribution in [-0.4, -0.2) is 27.9 Å². The minimum atomic E-state index is -1.06. The number of halogens is 2. The Morgan fingerprint density at radius 1 is 1.03 bits per heavy atom. The molecule has 32 heavy (non-hydrogen) atoms. The summed E-state index contributed by atoms with van der Waals surface area (Å²) >= 11 is 0. The summed E-state index contributed by atoms with van der Waals surface area (Å²) in [4.78, 5) is 29.3. The van der Waals surface area contributed by atoms with Crippen LogP contribution in [0.5, 0.6) is 5.75 Å². The van der Waals surface area contributed by atoms with Gasteiger partial charge >= 0.3 is 0 Å². The van der Waals surface area contributed by atoms with Crippen molar-refractivity contribution in [2.24, 2.45) is 0 Å². The predicted molar refractivity (Wildman–Crippen MR) is 114 cm³/mol. The normalized spacial score (nSPS) is 11.6. The Balaban J connectivity index is 1.72. The first-order valence-corrected chi connectivity index (χ1v) is 9.80. The van der Waals surface area contributed by atoms with E-state index in [2.05, 4.69) is 15.6 Å². The van der Waals surface area contributed by atoms with Crippen LogP contribution in [0.4, 0.5) is 14.6 Å². The summed E-state index contributed by atoms with van der Waals surface area (Å²) in [5.41, 5.74) is 6.97. The van der Waals surface area contributed by atoms with Gasteiger partial charge in [-0.3, -0.25) is 9.59 Å². The molecule has 0 radical (unpaired) electrons. The molecule has 0 aliphatic heterocycles. The van der Waals surface area contributed by atoms with Crippen LogP contribution < -0.4 is 16.4 Å². The van der Waals surface area contributed by atoms with Gasteiger partial charge in [-0.1, -0.05) is 30.3 Å². The minimum absolute atomic E-state index is 0.0416. The molecule has 0 aliphatic carbocycles. The summed E-state index contributed by atoms with van der Waals surface area (Å²) in [6.45, 7) is 0.135. The van der Waals surface area contributed by atoms with Crippen molar-refractivity contribution in [2.45, 2.75) is 25.4 Å². The molecular weight excluding hydrogens is 418 g/mol. The van der Waals surface area contributed by atoms with E-state index in [-0.39, 0.29) is 25.1 Å². The molecule has 9 heteroatoms. The number of rotatable bonds is 8. The second kappa shape index (κ2) is 10.3. The molecule has 166 valence electrons. The van der Waals surface area contributed by atoms with E-state index in [4.69, 9.17) is 5.73 Å². The quantitative estimate of drug-likeness (QED) is 0.429. The van der Waals surface area contributed by atoms with E-state index in [1.54, 1.807) is 30.3 Å². The summed E-state index contributed by atoms with van der Waals surface area (Å²) < 4.78 is 26.9. The molecule has 0 aliphatic rings. The number of para-hydroxylation sites is 1. The van der Waals surface area contributed by atoms with E-state index in [0.717, 1.165) is 12.1 Å². The molecule has 1 heterocycles. The van der Waals surface area contributed by atoms with Gasteiger partial charge in [-0.2, -0.15) is 0 Å². The van der Waals surface area contributed by atoms with Crippen molar-refractivity contribution in [3.63, 3.8) is 0 Å². The van der Waals surface area contributed by atoms with Crippen molar-refractivity contribution in [2.75, 3.05) is 5.73 Å². The van der Waals surface area contributed by atoms with Crippen LogP contribution in [0, 0.1) is 11.6 Å². The summed E-state index contributed by atoms with van der Waals surface area (Å²) in [5.74, 6) is -2.78. The molecule has 0 saturated heterocycles. The number of phenols is 1. The number of phenolic OH excluding ortho intramolecular Hbond substituents is 1. The molecule has 0 saturated carbocycles. The third kappa shape index (κ3) is 6.24. The Morgan fingerprint density at radius 2 is 1.78 bits per heavy atom. The van der Waals surface area contributed by atoms with Crippen molar-refractivity contribution >= 4 is 17.6 Å². The van der Waals surface area contributed by atoms with Crippen LogP contribution >= 0.6 is 0 Å². The number of aromatic nitrogens is 1. The number of nitrogens with zero attached hydrogens (tertiary/aromatic N) is 1. The lowest BCUT2D eigenvalue weighted by atomic mass is 10.0. The van der Waals surface area contributed by atoms with E-state index in [9.17, 15) is 23.5 Å². The van der Waals surface area contributed by atoms with Gasteiger partial charge in [0.1, 0.15) is 17.6 Å². The Morgan fingerprint density at radius 3 is 2.47 bits per heavy atom. The highest BCUT2D eigenvalue weighted by Gasteiger charge is 2.22. The highest BCUT2D eigenvalue weighted by atomic mass is 19.2. The van der Waals surface area contributed by atoms with Crippen molar-refractivity contribution in [1.82, 2.24) is 15.6 Å². The Hall–Kier alpha value is -4.01. The molecule has 0 unspecified atom stereocenters. The van der Waals surface area contributed by atoms with Crippen LogP contribution in [-0.2, 0) is 29.0 Å². The van der Waals surface area contributed by atoms with Gasteiger partial charge in [0, 0.05) is 24.7 Å². The smallest absolute Gasteiger partial charge is 0.243 e. The molecule has 5 N–H and O–H groups in total. The molecule has 1 aromatic heterocycles. The molecule has 0 fully saturated rings. The minimum Gasteiger partial charge on any atom is -0.508 e. The number of amides is 2. The summed E-state index contributed by atoms with van der Waals surface area (Å²) in [6.07, 6.45) is 1.29. The van der Waals surface area contributed by atoms with E-state index < -0.39 is 29.5 Å². The largest absolute Gasteiger partial charge is 0.508 e. The molecule has 0 bridgehead atoms. The third-order valence-electron chi connectivity index (χ3n) is 4.73. The molecule has 2 aromatic carbocycles. The molecule has 7 nitrogen and oxygen atoms in total. The van der Waals surface area contributed by atoms with Crippen LogP contribution in [0.2, 0.25) is 0 Å². The maximum atomic E-state index is 13.6. The van der Waals surface area contributed by atoms with Gasteiger partial charge in [-0.15, -0.1) is 0 Å². The van der Waals surface area contributed by atoms with E-state index in [1.807, 2.05) is 0 Å². The van der Waals surface area contributed by atoms with Crippen molar-refractivity contribution in [3.8, 4) is 5.75 Å². The number of nitrogens with two attached hydrogens (primary N) is 1. The van der Waals surface area contributed by atoms with Crippen LogP contribution in [0.1, 0.15) is 16.7 Å². The lowest BCUT2D eigenvalue weighted by molar-refractivity contribution is -0.128.